The molecule has 1 aromatic heterocycles. The number of aromatic nitrogens is 2. The van der Waals surface area contributed by atoms with Gasteiger partial charge in [0.15, 0.2) is 0 Å². The third-order valence-corrected chi connectivity index (χ3v) is 4.00. The number of nitrogens with zero attached hydrogens (tertiary/aromatic N) is 1. The number of aromatic amines is 1. The zero-order chi connectivity index (χ0) is 15.0. The highest BCUT2D eigenvalue weighted by Crippen LogP contribution is 2.43. The number of hydrogen-bond acceptors (Lipinski definition) is 4. The van der Waals surface area contributed by atoms with Crippen molar-refractivity contribution in [3.8, 4) is 17.0 Å². The van der Waals surface area contributed by atoms with Crippen LogP contribution in [0.4, 0.5) is 4.39 Å². The Hall–Kier alpha value is -2.21. The highest BCUT2D eigenvalue weighted by Gasteiger charge is 2.42. The van der Waals surface area contributed by atoms with E-state index in [0.717, 1.165) is 19.3 Å². The first kappa shape index (κ1) is 13.8. The molecule has 0 atom stereocenters. The number of nitrogens with one attached hydrogen (secondary N) is 1. The minimum absolute atomic E-state index is 0.0381. The van der Waals surface area contributed by atoms with Crippen LogP contribution in [0, 0.1) is 5.82 Å². The summed E-state index contributed by atoms with van der Waals surface area (Å²) in [5, 5.41) is 10.1. The average molecular weight is 290 g/mol. The molecule has 0 radical (unpaired) electrons. The normalized spacial score (nSPS) is 16.5. The van der Waals surface area contributed by atoms with Crippen LogP contribution in [0.2, 0.25) is 0 Å². The monoisotopic (exact) mass is 290 g/mol. The minimum atomic E-state index is -0.628. The molecule has 0 unspecified atom stereocenters. The molecule has 1 aliphatic carbocycles. The maximum absolute atomic E-state index is 13.3. The molecule has 1 saturated carbocycles. The van der Waals surface area contributed by atoms with Crippen LogP contribution in [0.3, 0.4) is 0 Å². The number of methoxy groups -OCH3 is 1. The van der Waals surface area contributed by atoms with Gasteiger partial charge in [0.05, 0.1) is 0 Å². The molecule has 1 fully saturated rings. The largest absolute Gasteiger partial charge is 0.493 e. The van der Waals surface area contributed by atoms with Crippen LogP contribution in [0.15, 0.2) is 29.1 Å². The fourth-order valence-electron chi connectivity index (χ4n) is 2.62. The zero-order valence-corrected chi connectivity index (χ0v) is 11.5. The van der Waals surface area contributed by atoms with Crippen molar-refractivity contribution in [2.45, 2.75) is 24.9 Å². The highest BCUT2D eigenvalue weighted by molar-refractivity contribution is 5.67. The summed E-state index contributed by atoms with van der Waals surface area (Å²) >= 11 is 0. The number of rotatable bonds is 3. The molecular weight excluding hydrogens is 275 g/mol. The lowest BCUT2D eigenvalue weighted by Crippen LogP contribution is -2.39. The Morgan fingerprint density at radius 3 is 2.71 bits per heavy atom. The lowest BCUT2D eigenvalue weighted by Gasteiger charge is -2.39. The molecule has 0 aliphatic heterocycles. The first-order valence-corrected chi connectivity index (χ1v) is 6.70. The fourth-order valence-corrected chi connectivity index (χ4v) is 2.62. The Morgan fingerprint density at radius 2 is 2.19 bits per heavy atom. The summed E-state index contributed by atoms with van der Waals surface area (Å²) < 4.78 is 18.7. The van der Waals surface area contributed by atoms with Crippen LogP contribution in [0.1, 0.15) is 25.1 Å². The van der Waals surface area contributed by atoms with Crippen LogP contribution in [-0.2, 0) is 10.3 Å². The summed E-state index contributed by atoms with van der Waals surface area (Å²) in [5.74, 6) is -0.579. The van der Waals surface area contributed by atoms with Gasteiger partial charge in [-0.3, -0.25) is 4.79 Å². The van der Waals surface area contributed by atoms with Gasteiger partial charge in [0.2, 0.25) is 5.88 Å². The third kappa shape index (κ3) is 2.21. The SMILES string of the molecule is COC1(c2nc(O)c(-c3cccc(F)c3)c(=O)[nH]2)CCC1. The smallest absolute Gasteiger partial charge is 0.262 e. The second-order valence-corrected chi connectivity index (χ2v) is 5.18. The van der Waals surface area contributed by atoms with Gasteiger partial charge in [0.25, 0.3) is 5.56 Å². The fraction of sp³-hybridized carbons (Fsp3) is 0.333. The van der Waals surface area contributed by atoms with Crippen LogP contribution < -0.4 is 5.56 Å². The van der Waals surface area contributed by atoms with E-state index >= 15 is 0 Å². The van der Waals surface area contributed by atoms with E-state index in [2.05, 4.69) is 9.97 Å². The Balaban J connectivity index is 2.11. The quantitative estimate of drug-likeness (QED) is 0.909. The van der Waals surface area contributed by atoms with Crippen molar-refractivity contribution in [1.82, 2.24) is 9.97 Å². The molecule has 0 bridgehead atoms. The number of benzene rings is 1. The summed E-state index contributed by atoms with van der Waals surface area (Å²) in [6.45, 7) is 0. The van der Waals surface area contributed by atoms with E-state index in [0.29, 0.717) is 5.82 Å². The highest BCUT2D eigenvalue weighted by atomic mass is 19.1. The van der Waals surface area contributed by atoms with Crippen molar-refractivity contribution in [1.29, 1.82) is 0 Å². The topological polar surface area (TPSA) is 75.2 Å². The molecule has 6 heteroatoms. The number of halogens is 1. The van der Waals surface area contributed by atoms with E-state index in [1.807, 2.05) is 0 Å². The standard InChI is InChI=1S/C15H15FN2O3/c1-21-15(6-3-7-15)14-17-12(19)11(13(20)18-14)9-4-2-5-10(16)8-9/h2,4-5,8H,3,6-7H2,1H3,(H2,17,18,19,20). The number of H-pyrrole nitrogens is 1. The van der Waals surface area contributed by atoms with E-state index in [1.165, 1.54) is 18.2 Å². The molecule has 1 aromatic carbocycles. The maximum atomic E-state index is 13.3. The van der Waals surface area contributed by atoms with E-state index in [-0.39, 0.29) is 11.1 Å². The molecule has 2 N–H and O–H groups in total. The molecule has 0 saturated heterocycles. The second kappa shape index (κ2) is 4.96. The van der Waals surface area contributed by atoms with Crippen LogP contribution >= 0.6 is 0 Å². The summed E-state index contributed by atoms with van der Waals surface area (Å²) in [7, 11) is 1.55. The van der Waals surface area contributed by atoms with E-state index in [4.69, 9.17) is 4.74 Å². The van der Waals surface area contributed by atoms with Crippen LogP contribution in [0.5, 0.6) is 5.88 Å². The molecule has 2 aromatic rings. The summed E-state index contributed by atoms with van der Waals surface area (Å²) in [6, 6.07) is 5.47. The van der Waals surface area contributed by atoms with Crippen LogP contribution in [0.25, 0.3) is 11.1 Å². The Kier molecular flexibility index (Phi) is 3.25. The Morgan fingerprint density at radius 1 is 1.43 bits per heavy atom. The molecule has 5 nitrogen and oxygen atoms in total. The predicted octanol–water partition coefficient (Wildman–Crippen LogP) is 2.31. The van der Waals surface area contributed by atoms with Gasteiger partial charge in [-0.1, -0.05) is 12.1 Å². The van der Waals surface area contributed by atoms with Gasteiger partial charge in [-0.05, 0) is 37.0 Å². The van der Waals surface area contributed by atoms with Gasteiger partial charge >= 0.3 is 0 Å². The summed E-state index contributed by atoms with van der Waals surface area (Å²) in [6.07, 6.45) is 2.46. The number of ether oxygens (including phenoxy) is 1. The summed E-state index contributed by atoms with van der Waals surface area (Å²) in [5.41, 5.74) is -0.889. The van der Waals surface area contributed by atoms with E-state index in [1.54, 1.807) is 13.2 Å². The van der Waals surface area contributed by atoms with Crippen molar-refractivity contribution in [3.05, 3.63) is 46.3 Å². The lowest BCUT2D eigenvalue weighted by molar-refractivity contribution is -0.0850. The van der Waals surface area contributed by atoms with Gasteiger partial charge in [0, 0.05) is 7.11 Å². The lowest BCUT2D eigenvalue weighted by atomic mass is 9.79. The second-order valence-electron chi connectivity index (χ2n) is 5.18. The van der Waals surface area contributed by atoms with Crippen molar-refractivity contribution >= 4 is 0 Å². The molecule has 1 heterocycles. The minimum Gasteiger partial charge on any atom is -0.493 e. The Labute approximate surface area is 120 Å². The predicted molar refractivity (Wildman–Crippen MR) is 74.5 cm³/mol. The Bertz CT molecular complexity index is 732. The van der Waals surface area contributed by atoms with Crippen molar-refractivity contribution < 1.29 is 14.2 Å². The van der Waals surface area contributed by atoms with Gasteiger partial charge in [-0.15, -0.1) is 0 Å². The first-order chi connectivity index (χ1) is 10.1. The third-order valence-electron chi connectivity index (χ3n) is 4.00. The molecule has 1 aliphatic rings. The van der Waals surface area contributed by atoms with Crippen molar-refractivity contribution in [3.63, 3.8) is 0 Å². The average Bonchev–Trinajstić information content (AvgIpc) is 2.37. The van der Waals surface area contributed by atoms with Gasteiger partial charge in [-0.25, -0.2) is 4.39 Å². The van der Waals surface area contributed by atoms with Gasteiger partial charge in [-0.2, -0.15) is 4.98 Å². The van der Waals surface area contributed by atoms with Crippen LogP contribution in [-0.4, -0.2) is 22.2 Å². The number of aromatic hydroxyl groups is 1. The maximum Gasteiger partial charge on any atom is 0.262 e. The molecule has 3 rings (SSSR count). The number of hydrogen-bond donors (Lipinski definition) is 2. The first-order valence-electron chi connectivity index (χ1n) is 6.70. The molecule has 110 valence electrons. The molecule has 0 amide bonds. The van der Waals surface area contributed by atoms with Gasteiger partial charge in [0.1, 0.15) is 22.8 Å². The molecular formula is C15H15FN2O3. The summed E-state index contributed by atoms with van der Waals surface area (Å²) in [4.78, 5) is 19.0. The zero-order valence-electron chi connectivity index (χ0n) is 11.5. The molecule has 21 heavy (non-hydrogen) atoms. The van der Waals surface area contributed by atoms with Gasteiger partial charge < -0.3 is 14.8 Å². The van der Waals surface area contributed by atoms with Crippen molar-refractivity contribution in [2.24, 2.45) is 0 Å². The molecule has 0 spiro atoms. The van der Waals surface area contributed by atoms with E-state index in [9.17, 15) is 14.3 Å². The van der Waals surface area contributed by atoms with Crippen molar-refractivity contribution in [2.75, 3.05) is 7.11 Å². The van der Waals surface area contributed by atoms with E-state index < -0.39 is 22.9 Å².